The van der Waals surface area contributed by atoms with Crippen molar-refractivity contribution in [2.75, 3.05) is 13.1 Å². The Bertz CT molecular complexity index is 580. The van der Waals surface area contributed by atoms with E-state index in [2.05, 4.69) is 0 Å². The van der Waals surface area contributed by atoms with Crippen molar-refractivity contribution in [3.05, 3.63) is 31.3 Å². The first-order valence-corrected chi connectivity index (χ1v) is 8.37. The zero-order chi connectivity index (χ0) is 15.6. The molecule has 1 aliphatic heterocycles. The fraction of sp³-hybridized carbons (Fsp3) is 0.429. The number of carbonyl (C=O) groups is 2. The molecule has 2 rings (SSSR count). The molecule has 0 radical (unpaired) electrons. The smallest absolute Gasteiger partial charge is 0.303 e. The Labute approximate surface area is 146 Å². The first kappa shape index (κ1) is 16.8. The third-order valence-electron chi connectivity index (χ3n) is 3.56. The summed E-state index contributed by atoms with van der Waals surface area (Å²) in [4.78, 5) is 24.9. The SMILES string of the molecule is O=C(O)CCC1CCN(C(=O)c2cc(Cl)cc(Cl)c2I)C1. The predicted molar refractivity (Wildman–Crippen MR) is 90.1 cm³/mol. The lowest BCUT2D eigenvalue weighted by molar-refractivity contribution is -0.137. The quantitative estimate of drug-likeness (QED) is 0.569. The molecule has 7 heteroatoms. The van der Waals surface area contributed by atoms with Gasteiger partial charge < -0.3 is 10.0 Å². The Kier molecular flexibility index (Phi) is 5.73. The largest absolute Gasteiger partial charge is 0.481 e. The van der Waals surface area contributed by atoms with Gasteiger partial charge in [0.1, 0.15) is 0 Å². The highest BCUT2D eigenvalue weighted by Gasteiger charge is 2.28. The summed E-state index contributed by atoms with van der Waals surface area (Å²) in [6, 6.07) is 3.24. The Hall–Kier alpha value is -0.530. The first-order chi connectivity index (χ1) is 9.88. The molecule has 4 nitrogen and oxygen atoms in total. The van der Waals surface area contributed by atoms with Crippen LogP contribution in [0.2, 0.25) is 10.0 Å². The molecule has 0 bridgehead atoms. The number of hydrogen-bond donors (Lipinski definition) is 1. The summed E-state index contributed by atoms with van der Waals surface area (Å²) in [5, 5.41) is 9.61. The molecule has 1 fully saturated rings. The number of nitrogens with zero attached hydrogens (tertiary/aromatic N) is 1. The molecule has 0 aromatic heterocycles. The highest BCUT2D eigenvalue weighted by Crippen LogP contribution is 2.29. The van der Waals surface area contributed by atoms with Crippen LogP contribution in [0, 0.1) is 9.49 Å². The van der Waals surface area contributed by atoms with Gasteiger partial charge in [0.15, 0.2) is 0 Å². The summed E-state index contributed by atoms with van der Waals surface area (Å²) >= 11 is 14.1. The van der Waals surface area contributed by atoms with Crippen molar-refractivity contribution in [1.82, 2.24) is 4.90 Å². The molecule has 21 heavy (non-hydrogen) atoms. The summed E-state index contributed by atoms with van der Waals surface area (Å²) in [5.41, 5.74) is 0.506. The van der Waals surface area contributed by atoms with Crippen LogP contribution in [0.1, 0.15) is 29.6 Å². The number of benzene rings is 1. The molecule has 1 aromatic carbocycles. The molecule has 1 heterocycles. The Morgan fingerprint density at radius 2 is 2.10 bits per heavy atom. The van der Waals surface area contributed by atoms with Crippen molar-refractivity contribution >= 4 is 57.7 Å². The van der Waals surface area contributed by atoms with Gasteiger partial charge in [-0.3, -0.25) is 9.59 Å². The van der Waals surface area contributed by atoms with Crippen molar-refractivity contribution in [1.29, 1.82) is 0 Å². The van der Waals surface area contributed by atoms with Crippen molar-refractivity contribution in [2.45, 2.75) is 19.3 Å². The summed E-state index contributed by atoms with van der Waals surface area (Å²) in [7, 11) is 0. The van der Waals surface area contributed by atoms with Gasteiger partial charge in [-0.15, -0.1) is 0 Å². The van der Waals surface area contributed by atoms with E-state index < -0.39 is 5.97 Å². The van der Waals surface area contributed by atoms with E-state index in [0.29, 0.717) is 38.7 Å². The van der Waals surface area contributed by atoms with E-state index in [1.165, 1.54) is 0 Å². The third kappa shape index (κ3) is 4.23. The van der Waals surface area contributed by atoms with E-state index in [0.717, 1.165) is 6.42 Å². The fourth-order valence-corrected chi connectivity index (χ4v) is 3.50. The second-order valence-corrected chi connectivity index (χ2v) is 7.01. The zero-order valence-corrected chi connectivity index (χ0v) is 14.8. The Morgan fingerprint density at radius 3 is 2.76 bits per heavy atom. The van der Waals surface area contributed by atoms with E-state index in [1.54, 1.807) is 17.0 Å². The maximum atomic E-state index is 12.5. The van der Waals surface area contributed by atoms with Crippen LogP contribution in [0.4, 0.5) is 0 Å². The normalized spacial score (nSPS) is 18.0. The van der Waals surface area contributed by atoms with Crippen LogP contribution < -0.4 is 0 Å². The molecule has 1 aromatic rings. The van der Waals surface area contributed by atoms with E-state index in [4.69, 9.17) is 28.3 Å². The minimum absolute atomic E-state index is 0.0957. The van der Waals surface area contributed by atoms with Gasteiger partial charge in [-0.05, 0) is 53.5 Å². The van der Waals surface area contributed by atoms with E-state index in [-0.39, 0.29) is 18.2 Å². The molecule has 1 saturated heterocycles. The topological polar surface area (TPSA) is 57.6 Å². The highest BCUT2D eigenvalue weighted by molar-refractivity contribution is 14.1. The molecule has 1 atom stereocenters. The van der Waals surface area contributed by atoms with Crippen LogP contribution in [0.3, 0.4) is 0 Å². The molecule has 0 saturated carbocycles. The third-order valence-corrected chi connectivity index (χ3v) is 5.56. The van der Waals surface area contributed by atoms with E-state index in [9.17, 15) is 9.59 Å². The number of rotatable bonds is 4. The van der Waals surface area contributed by atoms with Crippen molar-refractivity contribution in [2.24, 2.45) is 5.92 Å². The number of halogens is 3. The van der Waals surface area contributed by atoms with E-state index >= 15 is 0 Å². The monoisotopic (exact) mass is 441 g/mol. The molecule has 0 aliphatic carbocycles. The van der Waals surface area contributed by atoms with Crippen LogP contribution in [0.5, 0.6) is 0 Å². The van der Waals surface area contributed by atoms with Crippen LogP contribution in [-0.2, 0) is 4.79 Å². The van der Waals surface area contributed by atoms with Gasteiger partial charge >= 0.3 is 5.97 Å². The molecule has 0 spiro atoms. The number of carboxylic acid groups (broad SMARTS) is 1. The van der Waals surface area contributed by atoms with Gasteiger partial charge in [-0.25, -0.2) is 0 Å². The molecule has 1 aliphatic rings. The summed E-state index contributed by atoms with van der Waals surface area (Å²) < 4.78 is 0.692. The van der Waals surface area contributed by atoms with Gasteiger partial charge in [0.05, 0.1) is 10.6 Å². The average Bonchev–Trinajstić information content (AvgIpc) is 2.88. The van der Waals surface area contributed by atoms with Crippen molar-refractivity contribution in [3.8, 4) is 0 Å². The number of aliphatic carboxylic acids is 1. The van der Waals surface area contributed by atoms with Crippen molar-refractivity contribution in [3.63, 3.8) is 0 Å². The Balaban J connectivity index is 2.07. The predicted octanol–water partition coefficient (Wildman–Crippen LogP) is 3.92. The minimum Gasteiger partial charge on any atom is -0.481 e. The molecule has 1 N–H and O–H groups in total. The van der Waals surface area contributed by atoms with Gasteiger partial charge in [0, 0.05) is 28.1 Å². The van der Waals surface area contributed by atoms with Crippen molar-refractivity contribution < 1.29 is 14.7 Å². The van der Waals surface area contributed by atoms with Gasteiger partial charge in [0.25, 0.3) is 5.91 Å². The van der Waals surface area contributed by atoms with Gasteiger partial charge in [-0.1, -0.05) is 23.2 Å². The van der Waals surface area contributed by atoms with Gasteiger partial charge in [0.2, 0.25) is 0 Å². The van der Waals surface area contributed by atoms with Crippen LogP contribution in [-0.4, -0.2) is 35.0 Å². The summed E-state index contributed by atoms with van der Waals surface area (Å²) in [6.45, 7) is 1.23. The van der Waals surface area contributed by atoms with Gasteiger partial charge in [-0.2, -0.15) is 0 Å². The highest BCUT2D eigenvalue weighted by atomic mass is 127. The minimum atomic E-state index is -0.795. The molecular weight excluding hydrogens is 428 g/mol. The number of carbonyl (C=O) groups excluding carboxylic acids is 1. The number of hydrogen-bond acceptors (Lipinski definition) is 2. The van der Waals surface area contributed by atoms with Crippen LogP contribution in [0.15, 0.2) is 12.1 Å². The number of carboxylic acids is 1. The lowest BCUT2D eigenvalue weighted by Gasteiger charge is -2.18. The lowest BCUT2D eigenvalue weighted by atomic mass is 10.0. The molecule has 1 unspecified atom stereocenters. The number of amides is 1. The van der Waals surface area contributed by atoms with Crippen LogP contribution in [0.25, 0.3) is 0 Å². The summed E-state index contributed by atoms with van der Waals surface area (Å²) in [5.74, 6) is -0.644. The Morgan fingerprint density at radius 1 is 1.38 bits per heavy atom. The second kappa shape index (κ2) is 7.15. The zero-order valence-electron chi connectivity index (χ0n) is 11.1. The van der Waals surface area contributed by atoms with Crippen LogP contribution >= 0.6 is 45.8 Å². The lowest BCUT2D eigenvalue weighted by Crippen LogP contribution is -2.29. The molecule has 114 valence electrons. The fourth-order valence-electron chi connectivity index (χ4n) is 2.46. The number of likely N-dealkylation sites (tertiary alicyclic amines) is 1. The first-order valence-electron chi connectivity index (χ1n) is 6.54. The maximum Gasteiger partial charge on any atom is 0.303 e. The summed E-state index contributed by atoms with van der Waals surface area (Å²) in [6.07, 6.45) is 1.59. The molecular formula is C14H14Cl2INO3. The maximum absolute atomic E-state index is 12.5. The van der Waals surface area contributed by atoms with E-state index in [1.807, 2.05) is 22.6 Å². The molecule has 1 amide bonds. The standard InChI is InChI=1S/C14H14Cl2INO3/c15-9-5-10(13(17)11(16)6-9)14(21)18-4-3-8(7-18)1-2-12(19)20/h5-6,8H,1-4,7H2,(H,19,20). The second-order valence-electron chi connectivity index (χ2n) is 5.09. The average molecular weight is 442 g/mol.